The molecule has 1 unspecified atom stereocenters. The van der Waals surface area contributed by atoms with E-state index in [1.54, 1.807) is 0 Å². The summed E-state index contributed by atoms with van der Waals surface area (Å²) in [5.41, 5.74) is 5.11. The van der Waals surface area contributed by atoms with Gasteiger partial charge in [-0.2, -0.15) is 0 Å². The monoisotopic (exact) mass is 413 g/mol. The second-order valence-corrected chi connectivity index (χ2v) is 9.26. The van der Waals surface area contributed by atoms with Crippen LogP contribution in [0.1, 0.15) is 42.9 Å². The zero-order valence-electron chi connectivity index (χ0n) is 15.9. The molecule has 0 amide bonds. The first kappa shape index (κ1) is 18.5. The Balaban J connectivity index is 1.15. The van der Waals surface area contributed by atoms with Crippen LogP contribution in [-0.2, 0) is 12.8 Å². The second kappa shape index (κ2) is 7.70. The lowest BCUT2D eigenvalue weighted by atomic mass is 9.90. The van der Waals surface area contributed by atoms with Crippen molar-refractivity contribution in [1.29, 1.82) is 0 Å². The van der Waals surface area contributed by atoms with Crippen molar-refractivity contribution in [1.82, 2.24) is 14.9 Å². The molecule has 1 fully saturated rings. The van der Waals surface area contributed by atoms with Gasteiger partial charge in [0.1, 0.15) is 0 Å². The van der Waals surface area contributed by atoms with Crippen LogP contribution >= 0.6 is 23.2 Å². The molecule has 0 spiro atoms. The summed E-state index contributed by atoms with van der Waals surface area (Å²) in [7, 11) is 0. The minimum atomic E-state index is 0.544. The minimum absolute atomic E-state index is 0.544. The maximum absolute atomic E-state index is 6.14. The van der Waals surface area contributed by atoms with Crippen LogP contribution in [0.15, 0.2) is 42.7 Å². The predicted molar refractivity (Wildman–Crippen MR) is 116 cm³/mol. The molecule has 28 heavy (non-hydrogen) atoms. The van der Waals surface area contributed by atoms with Gasteiger partial charge in [0.15, 0.2) is 0 Å². The molecule has 0 saturated heterocycles. The molecule has 0 radical (unpaired) electrons. The Kier molecular flexibility index (Phi) is 5.08. The molecule has 3 nitrogen and oxygen atoms in total. The highest BCUT2D eigenvalue weighted by molar-refractivity contribution is 6.31. The summed E-state index contributed by atoms with van der Waals surface area (Å²) in [5.74, 6) is 0.702. The van der Waals surface area contributed by atoms with Crippen molar-refractivity contribution in [3.05, 3.63) is 63.9 Å². The number of imidazole rings is 1. The molecule has 1 aromatic heterocycles. The number of benzene rings is 2. The summed E-state index contributed by atoms with van der Waals surface area (Å²) in [5, 5.41) is 5.46. The van der Waals surface area contributed by atoms with Crippen molar-refractivity contribution in [3.63, 3.8) is 0 Å². The van der Waals surface area contributed by atoms with Crippen molar-refractivity contribution in [2.75, 3.05) is 6.54 Å². The van der Waals surface area contributed by atoms with Gasteiger partial charge in [-0.1, -0.05) is 29.3 Å². The van der Waals surface area contributed by atoms with E-state index >= 15 is 0 Å². The zero-order valence-corrected chi connectivity index (χ0v) is 17.4. The normalized spacial score (nSPS) is 24.6. The van der Waals surface area contributed by atoms with Crippen molar-refractivity contribution >= 4 is 34.2 Å². The summed E-state index contributed by atoms with van der Waals surface area (Å²) < 4.78 is 2.35. The number of hydrogen-bond donors (Lipinski definition) is 1. The lowest BCUT2D eigenvalue weighted by Crippen LogP contribution is -2.37. The van der Waals surface area contributed by atoms with E-state index in [4.69, 9.17) is 23.2 Å². The van der Waals surface area contributed by atoms with E-state index in [2.05, 4.69) is 33.1 Å². The van der Waals surface area contributed by atoms with Crippen LogP contribution in [0.3, 0.4) is 0 Å². The molecule has 3 aromatic rings. The maximum Gasteiger partial charge on any atom is 0.0960 e. The van der Waals surface area contributed by atoms with Crippen molar-refractivity contribution in [2.24, 2.45) is 5.92 Å². The summed E-state index contributed by atoms with van der Waals surface area (Å²) in [6.07, 6.45) is 9.17. The number of nitrogens with zero attached hydrogens (tertiary/aromatic N) is 2. The van der Waals surface area contributed by atoms with E-state index in [0.29, 0.717) is 18.0 Å². The molecule has 2 aromatic carbocycles. The number of aromatic nitrogens is 2. The van der Waals surface area contributed by atoms with E-state index in [0.717, 1.165) is 28.5 Å². The van der Waals surface area contributed by atoms with E-state index in [1.807, 2.05) is 24.5 Å². The van der Waals surface area contributed by atoms with Gasteiger partial charge in [-0.05, 0) is 92.4 Å². The quantitative estimate of drug-likeness (QED) is 0.582. The third-order valence-electron chi connectivity index (χ3n) is 6.51. The van der Waals surface area contributed by atoms with Crippen LogP contribution in [0.2, 0.25) is 10.0 Å². The molecule has 1 saturated carbocycles. The first-order valence-corrected chi connectivity index (χ1v) is 11.0. The van der Waals surface area contributed by atoms with Crippen LogP contribution in [-0.4, -0.2) is 22.1 Å². The van der Waals surface area contributed by atoms with Crippen molar-refractivity contribution in [2.45, 2.75) is 50.6 Å². The molecule has 1 N–H and O–H groups in total. The Hall–Kier alpha value is -1.55. The first-order valence-electron chi connectivity index (χ1n) is 10.3. The number of halogens is 2. The van der Waals surface area contributed by atoms with Gasteiger partial charge in [0, 0.05) is 22.1 Å². The Bertz CT molecular complexity index is 989. The van der Waals surface area contributed by atoms with E-state index in [1.165, 1.54) is 48.7 Å². The van der Waals surface area contributed by atoms with Crippen LogP contribution in [0.5, 0.6) is 0 Å². The van der Waals surface area contributed by atoms with Crippen molar-refractivity contribution < 1.29 is 0 Å². The van der Waals surface area contributed by atoms with Crippen LogP contribution in [0.4, 0.5) is 0 Å². The third kappa shape index (κ3) is 3.68. The van der Waals surface area contributed by atoms with Crippen molar-refractivity contribution in [3.8, 4) is 0 Å². The van der Waals surface area contributed by atoms with E-state index in [9.17, 15) is 0 Å². The smallest absolute Gasteiger partial charge is 0.0960 e. The van der Waals surface area contributed by atoms with Gasteiger partial charge < -0.3 is 9.88 Å². The highest BCUT2D eigenvalue weighted by Crippen LogP contribution is 2.33. The highest BCUT2D eigenvalue weighted by Gasteiger charge is 2.26. The van der Waals surface area contributed by atoms with Crippen LogP contribution in [0.25, 0.3) is 11.0 Å². The number of nitrogens with one attached hydrogen (secondary N) is 1. The molecule has 0 bridgehead atoms. The van der Waals surface area contributed by atoms with Gasteiger partial charge in [-0.3, -0.25) is 0 Å². The second-order valence-electron chi connectivity index (χ2n) is 8.39. The fraction of sp³-hybridized carbons (Fsp3) is 0.435. The fourth-order valence-electron chi connectivity index (χ4n) is 5.01. The Morgan fingerprint density at radius 1 is 0.929 bits per heavy atom. The molecule has 5 rings (SSSR count). The predicted octanol–water partition coefficient (Wildman–Crippen LogP) is 5.83. The molecular weight excluding hydrogens is 389 g/mol. The lowest BCUT2D eigenvalue weighted by Gasteiger charge is -2.31. The number of rotatable bonds is 4. The molecular formula is C23H25Cl2N3. The summed E-state index contributed by atoms with van der Waals surface area (Å²) in [6.45, 7) is 1.11. The molecule has 1 heterocycles. The average molecular weight is 414 g/mol. The number of hydrogen-bond acceptors (Lipinski definition) is 2. The molecule has 2 aliphatic carbocycles. The SMILES string of the molecule is Clc1ccc2c(c1)CC(CNC1CCC(n3cnc4cc(Cl)ccc43)CC1)C2. The van der Waals surface area contributed by atoms with Gasteiger partial charge in [0.05, 0.1) is 17.4 Å². The topological polar surface area (TPSA) is 29.9 Å². The minimum Gasteiger partial charge on any atom is -0.327 e. The van der Waals surface area contributed by atoms with Gasteiger partial charge >= 0.3 is 0 Å². The molecule has 0 aliphatic heterocycles. The standard InChI is InChI=1S/C23H25Cl2N3/c24-18-2-1-16-9-15(10-17(16)11-18)13-26-20-4-6-21(7-5-20)28-14-27-22-12-19(25)3-8-23(22)28/h1-3,8,11-12,14-15,20-21,26H,4-7,9-10,13H2. The Morgan fingerprint density at radius 3 is 2.54 bits per heavy atom. The van der Waals surface area contributed by atoms with Gasteiger partial charge in [-0.25, -0.2) is 4.98 Å². The number of fused-ring (bicyclic) bond motifs is 2. The summed E-state index contributed by atoms with van der Waals surface area (Å²) in [6, 6.07) is 13.5. The average Bonchev–Trinajstić information content (AvgIpc) is 3.29. The van der Waals surface area contributed by atoms with Crippen LogP contribution < -0.4 is 5.32 Å². The molecule has 1 atom stereocenters. The maximum atomic E-state index is 6.14. The largest absolute Gasteiger partial charge is 0.327 e. The zero-order chi connectivity index (χ0) is 19.1. The Morgan fingerprint density at radius 2 is 1.68 bits per heavy atom. The van der Waals surface area contributed by atoms with Crippen LogP contribution in [0, 0.1) is 5.92 Å². The molecule has 5 heteroatoms. The summed E-state index contributed by atoms with van der Waals surface area (Å²) in [4.78, 5) is 4.54. The van der Waals surface area contributed by atoms with Gasteiger partial charge in [-0.15, -0.1) is 0 Å². The van der Waals surface area contributed by atoms with E-state index in [-0.39, 0.29) is 0 Å². The van der Waals surface area contributed by atoms with E-state index < -0.39 is 0 Å². The molecule has 2 aliphatic rings. The highest BCUT2D eigenvalue weighted by atomic mass is 35.5. The summed E-state index contributed by atoms with van der Waals surface area (Å²) >= 11 is 12.2. The van der Waals surface area contributed by atoms with Gasteiger partial charge in [0.25, 0.3) is 0 Å². The Labute approximate surface area is 176 Å². The van der Waals surface area contributed by atoms with Gasteiger partial charge in [0.2, 0.25) is 0 Å². The lowest BCUT2D eigenvalue weighted by molar-refractivity contribution is 0.285. The first-order chi connectivity index (χ1) is 13.7. The molecule has 146 valence electrons. The fourth-order valence-corrected chi connectivity index (χ4v) is 5.37. The third-order valence-corrected chi connectivity index (χ3v) is 6.98.